The van der Waals surface area contributed by atoms with Crippen LogP contribution in [0.15, 0.2) is 24.3 Å². The molecule has 1 aromatic heterocycles. The number of H-pyrrole nitrogens is 1. The maximum absolute atomic E-state index is 12.0. The molecule has 2 rings (SSSR count). The summed E-state index contributed by atoms with van der Waals surface area (Å²) >= 11 is 5.18. The number of aromatic nitrogens is 3. The van der Waals surface area contributed by atoms with Crippen molar-refractivity contribution in [3.05, 3.63) is 46.0 Å². The van der Waals surface area contributed by atoms with Gasteiger partial charge < -0.3 is 9.88 Å². The number of carbonyl (C=O) groups excluding carboxylic acids is 2. The Bertz CT molecular complexity index is 759. The third kappa shape index (κ3) is 4.13. The number of benzene rings is 1. The number of Topliss-reactive ketones (excluding diaryl/α,β-unsaturated/α-hetero) is 1. The number of hydrogen-bond donors (Lipinski definition) is 2. The molecule has 1 aromatic carbocycles. The van der Waals surface area contributed by atoms with Gasteiger partial charge in [-0.1, -0.05) is 43.7 Å². The van der Waals surface area contributed by atoms with E-state index in [0.29, 0.717) is 23.4 Å². The van der Waals surface area contributed by atoms with Crippen LogP contribution in [0.25, 0.3) is 0 Å². The van der Waals surface area contributed by atoms with Crippen molar-refractivity contribution in [1.82, 2.24) is 20.1 Å². The molecule has 0 spiro atoms. The minimum Gasteiger partial charge on any atom is -0.347 e. The van der Waals surface area contributed by atoms with E-state index >= 15 is 0 Å². The third-order valence-electron chi connectivity index (χ3n) is 3.45. The molecule has 0 aliphatic carbocycles. The highest BCUT2D eigenvalue weighted by Gasteiger charge is 2.16. The second-order valence-corrected chi connectivity index (χ2v) is 6.03. The number of amides is 1. The lowest BCUT2D eigenvalue weighted by Gasteiger charge is -2.10. The van der Waals surface area contributed by atoms with E-state index in [9.17, 15) is 9.59 Å². The molecular formula is C16H20N4O2S. The Balaban J connectivity index is 1.95. The zero-order valence-electron chi connectivity index (χ0n) is 13.4. The molecule has 122 valence electrons. The van der Waals surface area contributed by atoms with Crippen molar-refractivity contribution in [2.24, 2.45) is 0 Å². The van der Waals surface area contributed by atoms with Gasteiger partial charge in [-0.25, -0.2) is 0 Å². The van der Waals surface area contributed by atoms with E-state index in [-0.39, 0.29) is 5.92 Å². The Morgan fingerprint density at radius 1 is 1.30 bits per heavy atom. The van der Waals surface area contributed by atoms with Crippen molar-refractivity contribution < 1.29 is 9.59 Å². The summed E-state index contributed by atoms with van der Waals surface area (Å²) in [6, 6.07) is 6.92. The first-order valence-corrected chi connectivity index (χ1v) is 7.85. The SMILES string of the molecule is Cc1ccc(C(=O)C(=O)NCCn2c(C(C)C)n[nH]c2=S)cc1. The van der Waals surface area contributed by atoms with Gasteiger partial charge in [0.25, 0.3) is 5.91 Å². The van der Waals surface area contributed by atoms with E-state index < -0.39 is 11.7 Å². The highest BCUT2D eigenvalue weighted by Crippen LogP contribution is 2.11. The molecule has 0 atom stereocenters. The predicted molar refractivity (Wildman–Crippen MR) is 90.0 cm³/mol. The summed E-state index contributed by atoms with van der Waals surface area (Å²) < 4.78 is 2.34. The normalized spacial score (nSPS) is 10.8. The van der Waals surface area contributed by atoms with E-state index in [1.807, 2.05) is 25.3 Å². The average Bonchev–Trinajstić information content (AvgIpc) is 2.88. The summed E-state index contributed by atoms with van der Waals surface area (Å²) in [7, 11) is 0. The fraction of sp³-hybridized carbons (Fsp3) is 0.375. The average molecular weight is 332 g/mol. The zero-order valence-corrected chi connectivity index (χ0v) is 14.2. The Morgan fingerprint density at radius 2 is 1.96 bits per heavy atom. The van der Waals surface area contributed by atoms with E-state index in [1.165, 1.54) is 0 Å². The molecule has 0 bridgehead atoms. The highest BCUT2D eigenvalue weighted by atomic mass is 32.1. The number of carbonyl (C=O) groups is 2. The van der Waals surface area contributed by atoms with Crippen molar-refractivity contribution in [3.63, 3.8) is 0 Å². The van der Waals surface area contributed by atoms with Crippen LogP contribution in [0.4, 0.5) is 0 Å². The fourth-order valence-electron chi connectivity index (χ4n) is 2.18. The van der Waals surface area contributed by atoms with Crippen molar-refractivity contribution >= 4 is 23.9 Å². The Labute approximate surface area is 139 Å². The van der Waals surface area contributed by atoms with Gasteiger partial charge >= 0.3 is 0 Å². The number of rotatable bonds is 6. The maximum atomic E-state index is 12.0. The molecule has 0 saturated heterocycles. The van der Waals surface area contributed by atoms with Gasteiger partial charge in [0.15, 0.2) is 4.77 Å². The van der Waals surface area contributed by atoms with Gasteiger partial charge in [0.2, 0.25) is 5.78 Å². The number of aromatic amines is 1. The minimum absolute atomic E-state index is 0.216. The number of ketones is 1. The molecule has 0 unspecified atom stereocenters. The second kappa shape index (κ2) is 7.32. The molecule has 2 N–H and O–H groups in total. The van der Waals surface area contributed by atoms with E-state index in [0.717, 1.165) is 11.4 Å². The first-order chi connectivity index (χ1) is 10.9. The Morgan fingerprint density at radius 3 is 2.57 bits per heavy atom. The molecule has 0 fully saturated rings. The van der Waals surface area contributed by atoms with Gasteiger partial charge in [-0.3, -0.25) is 14.7 Å². The van der Waals surface area contributed by atoms with Crippen molar-refractivity contribution in [2.45, 2.75) is 33.2 Å². The second-order valence-electron chi connectivity index (χ2n) is 5.64. The topological polar surface area (TPSA) is 79.8 Å². The molecule has 6 nitrogen and oxygen atoms in total. The van der Waals surface area contributed by atoms with Crippen LogP contribution in [-0.2, 0) is 11.3 Å². The molecule has 0 aliphatic heterocycles. The van der Waals surface area contributed by atoms with Crippen LogP contribution in [0, 0.1) is 11.7 Å². The molecule has 7 heteroatoms. The van der Waals surface area contributed by atoms with Gasteiger partial charge in [-0.2, -0.15) is 5.10 Å². The molecule has 1 heterocycles. The van der Waals surface area contributed by atoms with Crippen LogP contribution in [-0.4, -0.2) is 33.0 Å². The quantitative estimate of drug-likeness (QED) is 0.483. The Kier molecular flexibility index (Phi) is 5.44. The molecule has 0 radical (unpaired) electrons. The molecule has 0 saturated carbocycles. The Hall–Kier alpha value is -2.28. The minimum atomic E-state index is -0.616. The molecule has 1 amide bonds. The standard InChI is InChI=1S/C16H20N4O2S/c1-10(2)14-18-19-16(23)20(14)9-8-17-15(22)13(21)12-6-4-11(3)5-7-12/h4-7,10H,8-9H2,1-3H3,(H,17,22)(H,19,23). The van der Waals surface area contributed by atoms with Crippen LogP contribution in [0.5, 0.6) is 0 Å². The summed E-state index contributed by atoms with van der Waals surface area (Å²) in [6.07, 6.45) is 0. The summed E-state index contributed by atoms with van der Waals surface area (Å²) in [4.78, 5) is 24.0. The van der Waals surface area contributed by atoms with Crippen molar-refractivity contribution in [2.75, 3.05) is 6.54 Å². The molecule has 2 aromatic rings. The van der Waals surface area contributed by atoms with Crippen molar-refractivity contribution in [3.8, 4) is 0 Å². The summed E-state index contributed by atoms with van der Waals surface area (Å²) in [5.41, 5.74) is 1.42. The first-order valence-electron chi connectivity index (χ1n) is 7.44. The molecule has 0 aliphatic rings. The lowest BCUT2D eigenvalue weighted by atomic mass is 10.1. The van der Waals surface area contributed by atoms with Crippen LogP contribution in [0.1, 0.15) is 41.5 Å². The number of hydrogen-bond acceptors (Lipinski definition) is 4. The molecular weight excluding hydrogens is 312 g/mol. The number of nitrogens with zero attached hydrogens (tertiary/aromatic N) is 2. The van der Waals surface area contributed by atoms with Gasteiger partial charge in [0, 0.05) is 24.6 Å². The lowest BCUT2D eigenvalue weighted by molar-refractivity contribution is -0.117. The van der Waals surface area contributed by atoms with Crippen molar-refractivity contribution in [1.29, 1.82) is 0 Å². The predicted octanol–water partition coefficient (Wildman–Crippen LogP) is 2.37. The summed E-state index contributed by atoms with van der Waals surface area (Å²) in [6.45, 7) is 6.73. The maximum Gasteiger partial charge on any atom is 0.292 e. The van der Waals surface area contributed by atoms with Gasteiger partial charge in [0.05, 0.1) is 0 Å². The van der Waals surface area contributed by atoms with Crippen LogP contribution < -0.4 is 5.32 Å². The lowest BCUT2D eigenvalue weighted by Crippen LogP contribution is -2.33. The van der Waals surface area contributed by atoms with Gasteiger partial charge in [-0.05, 0) is 19.1 Å². The monoisotopic (exact) mass is 332 g/mol. The summed E-state index contributed by atoms with van der Waals surface area (Å²) in [5, 5.41) is 9.55. The third-order valence-corrected chi connectivity index (χ3v) is 3.76. The summed E-state index contributed by atoms with van der Waals surface area (Å²) in [5.74, 6) is -0.109. The molecule has 23 heavy (non-hydrogen) atoms. The van der Waals surface area contributed by atoms with E-state index in [2.05, 4.69) is 15.5 Å². The van der Waals surface area contributed by atoms with Gasteiger partial charge in [0.1, 0.15) is 5.82 Å². The zero-order chi connectivity index (χ0) is 17.0. The number of aryl methyl sites for hydroxylation is 1. The van der Waals surface area contributed by atoms with Crippen LogP contribution >= 0.6 is 12.2 Å². The highest BCUT2D eigenvalue weighted by molar-refractivity contribution is 7.71. The van der Waals surface area contributed by atoms with Crippen LogP contribution in [0.3, 0.4) is 0 Å². The largest absolute Gasteiger partial charge is 0.347 e. The fourth-order valence-corrected chi connectivity index (χ4v) is 2.41. The number of nitrogens with one attached hydrogen (secondary N) is 2. The first kappa shape index (κ1) is 17.1. The van der Waals surface area contributed by atoms with E-state index in [1.54, 1.807) is 24.3 Å². The smallest absolute Gasteiger partial charge is 0.292 e. The van der Waals surface area contributed by atoms with Gasteiger partial charge in [-0.15, -0.1) is 0 Å². The van der Waals surface area contributed by atoms with Crippen LogP contribution in [0.2, 0.25) is 0 Å². The van der Waals surface area contributed by atoms with E-state index in [4.69, 9.17) is 12.2 Å².